The Morgan fingerprint density at radius 3 is 2.31 bits per heavy atom. The van der Waals surface area contributed by atoms with Crippen LogP contribution in [0.15, 0.2) is 18.2 Å². The van der Waals surface area contributed by atoms with Crippen molar-refractivity contribution in [3.8, 4) is 0 Å². The molecule has 1 nitrogen and oxygen atoms in total. The molecule has 1 fully saturated rings. The van der Waals surface area contributed by atoms with Crippen molar-refractivity contribution in [1.82, 2.24) is 0 Å². The number of methoxy groups -OCH3 is 1. The van der Waals surface area contributed by atoms with E-state index in [2.05, 4.69) is 0 Å². The van der Waals surface area contributed by atoms with Crippen LogP contribution in [-0.2, 0) is 16.5 Å². The molecule has 0 spiro atoms. The zero-order valence-corrected chi connectivity index (χ0v) is 8.57. The van der Waals surface area contributed by atoms with Crippen molar-refractivity contribution >= 4 is 0 Å². The molecule has 0 aromatic heterocycles. The van der Waals surface area contributed by atoms with Gasteiger partial charge in [-0.1, -0.05) is 6.07 Å². The summed E-state index contributed by atoms with van der Waals surface area (Å²) in [7, 11) is 1.37. The van der Waals surface area contributed by atoms with Crippen molar-refractivity contribution in [2.45, 2.75) is 24.6 Å². The van der Waals surface area contributed by atoms with Crippen molar-refractivity contribution < 1.29 is 22.3 Å². The molecular weight excluding hydrogens is 224 g/mol. The van der Waals surface area contributed by atoms with Gasteiger partial charge in [-0.15, -0.1) is 0 Å². The molecule has 1 aromatic carbocycles. The van der Waals surface area contributed by atoms with Crippen molar-refractivity contribution in [2.75, 3.05) is 7.11 Å². The molecule has 0 N–H and O–H groups in total. The molecule has 0 unspecified atom stereocenters. The smallest absolute Gasteiger partial charge is 0.374 e. The van der Waals surface area contributed by atoms with Crippen LogP contribution in [0.1, 0.15) is 24.0 Å². The summed E-state index contributed by atoms with van der Waals surface area (Å²) in [5.74, 6) is -0.886. The Kier molecular flexibility index (Phi) is 2.45. The van der Waals surface area contributed by atoms with Crippen LogP contribution in [0.3, 0.4) is 0 Å². The Labute approximate surface area is 90.0 Å². The number of hydrogen-bond donors (Lipinski definition) is 0. The van der Waals surface area contributed by atoms with Gasteiger partial charge in [0.25, 0.3) is 0 Å². The van der Waals surface area contributed by atoms with Crippen LogP contribution in [0.25, 0.3) is 0 Å². The van der Waals surface area contributed by atoms with Gasteiger partial charge in [-0.05, 0) is 30.5 Å². The highest BCUT2D eigenvalue weighted by atomic mass is 19.4. The quantitative estimate of drug-likeness (QED) is 0.712. The second-order valence-electron chi connectivity index (χ2n) is 3.89. The van der Waals surface area contributed by atoms with Gasteiger partial charge in [0.2, 0.25) is 0 Å². The Morgan fingerprint density at radius 1 is 1.25 bits per heavy atom. The molecule has 0 saturated heterocycles. The van der Waals surface area contributed by atoms with Crippen LogP contribution in [-0.4, -0.2) is 7.11 Å². The van der Waals surface area contributed by atoms with Crippen LogP contribution in [0.4, 0.5) is 17.6 Å². The van der Waals surface area contributed by atoms with Crippen LogP contribution in [0.5, 0.6) is 0 Å². The number of ether oxygens (including phenoxy) is 1. The number of alkyl halides is 3. The summed E-state index contributed by atoms with van der Waals surface area (Å²) in [4.78, 5) is 0. The first kappa shape index (κ1) is 11.4. The molecule has 0 heterocycles. The molecule has 16 heavy (non-hydrogen) atoms. The van der Waals surface area contributed by atoms with Gasteiger partial charge in [0, 0.05) is 7.11 Å². The van der Waals surface area contributed by atoms with Crippen LogP contribution in [0.2, 0.25) is 0 Å². The minimum Gasteiger partial charge on any atom is -0.374 e. The first-order valence-electron chi connectivity index (χ1n) is 4.81. The lowest BCUT2D eigenvalue weighted by Gasteiger charge is -2.19. The molecule has 0 radical (unpaired) electrons. The molecule has 0 bridgehead atoms. The highest BCUT2D eigenvalue weighted by Gasteiger charge is 2.49. The van der Waals surface area contributed by atoms with Crippen molar-refractivity contribution in [3.63, 3.8) is 0 Å². The third-order valence-corrected chi connectivity index (χ3v) is 2.87. The maximum atomic E-state index is 12.8. The van der Waals surface area contributed by atoms with Gasteiger partial charge in [0.1, 0.15) is 5.82 Å². The first-order chi connectivity index (χ1) is 7.39. The predicted octanol–water partition coefficient (Wildman–Crippen LogP) is 3.48. The topological polar surface area (TPSA) is 9.23 Å². The van der Waals surface area contributed by atoms with Crippen LogP contribution in [0, 0.1) is 5.82 Å². The zero-order valence-electron chi connectivity index (χ0n) is 8.57. The highest BCUT2D eigenvalue weighted by molar-refractivity contribution is 5.38. The predicted molar refractivity (Wildman–Crippen MR) is 49.3 cm³/mol. The first-order valence-corrected chi connectivity index (χ1v) is 4.81. The molecule has 5 heteroatoms. The van der Waals surface area contributed by atoms with Gasteiger partial charge in [-0.25, -0.2) is 4.39 Å². The van der Waals surface area contributed by atoms with E-state index >= 15 is 0 Å². The Balaban J connectivity index is 2.53. The van der Waals surface area contributed by atoms with Crippen molar-refractivity contribution in [3.05, 3.63) is 35.1 Å². The minimum absolute atomic E-state index is 0.0314. The van der Waals surface area contributed by atoms with E-state index in [1.54, 1.807) is 0 Å². The molecule has 0 aliphatic heterocycles. The maximum absolute atomic E-state index is 12.8. The molecule has 0 atom stereocenters. The Hall–Kier alpha value is -1.10. The summed E-state index contributed by atoms with van der Waals surface area (Å²) in [6.07, 6.45) is -3.47. The Bertz CT molecular complexity index is 407. The molecule has 2 rings (SSSR count). The second kappa shape index (κ2) is 3.45. The third-order valence-electron chi connectivity index (χ3n) is 2.87. The van der Waals surface area contributed by atoms with Gasteiger partial charge in [0.15, 0.2) is 0 Å². The molecule has 1 aromatic rings. The lowest BCUT2D eigenvalue weighted by atomic mass is 10.00. The van der Waals surface area contributed by atoms with E-state index in [1.165, 1.54) is 7.11 Å². The second-order valence-corrected chi connectivity index (χ2v) is 3.89. The summed E-state index contributed by atoms with van der Waals surface area (Å²) < 4.78 is 56.0. The lowest BCUT2D eigenvalue weighted by molar-refractivity contribution is -0.140. The van der Waals surface area contributed by atoms with E-state index in [-0.39, 0.29) is 5.56 Å². The number of benzene rings is 1. The van der Waals surface area contributed by atoms with Gasteiger partial charge in [0.05, 0.1) is 11.2 Å². The van der Waals surface area contributed by atoms with E-state index in [4.69, 9.17) is 4.74 Å². The maximum Gasteiger partial charge on any atom is 0.416 e. The summed E-state index contributed by atoms with van der Waals surface area (Å²) in [6.45, 7) is 0. The van der Waals surface area contributed by atoms with E-state index in [0.717, 1.165) is 12.1 Å². The van der Waals surface area contributed by atoms with Gasteiger partial charge in [-0.2, -0.15) is 13.2 Å². The standard InChI is InChI=1S/C11H10F4O/c1-16-10(4-5-10)8-3-2-7(12)6-9(8)11(13,14)15/h2-3,6H,4-5H2,1H3. The number of halogens is 4. The van der Waals surface area contributed by atoms with Gasteiger partial charge in [-0.3, -0.25) is 0 Å². The minimum atomic E-state index is -4.55. The fourth-order valence-electron chi connectivity index (χ4n) is 1.85. The average molecular weight is 234 g/mol. The molecule has 88 valence electrons. The summed E-state index contributed by atoms with van der Waals surface area (Å²) in [5, 5.41) is 0. The average Bonchev–Trinajstić information content (AvgIpc) is 2.97. The monoisotopic (exact) mass is 234 g/mol. The number of rotatable bonds is 2. The fraction of sp³-hybridized carbons (Fsp3) is 0.455. The Morgan fingerprint density at radius 2 is 1.88 bits per heavy atom. The van der Waals surface area contributed by atoms with Crippen LogP contribution >= 0.6 is 0 Å². The summed E-state index contributed by atoms with van der Waals surface area (Å²) >= 11 is 0. The molecule has 1 saturated carbocycles. The summed E-state index contributed by atoms with van der Waals surface area (Å²) in [6, 6.07) is 2.72. The molecule has 1 aliphatic carbocycles. The fourth-order valence-corrected chi connectivity index (χ4v) is 1.85. The van der Waals surface area contributed by atoms with Gasteiger partial charge >= 0.3 is 6.18 Å². The van der Waals surface area contributed by atoms with Crippen molar-refractivity contribution in [2.24, 2.45) is 0 Å². The largest absolute Gasteiger partial charge is 0.416 e. The van der Waals surface area contributed by atoms with E-state index in [1.807, 2.05) is 0 Å². The van der Waals surface area contributed by atoms with Gasteiger partial charge < -0.3 is 4.74 Å². The highest BCUT2D eigenvalue weighted by Crippen LogP contribution is 2.52. The van der Waals surface area contributed by atoms with Crippen molar-refractivity contribution in [1.29, 1.82) is 0 Å². The molecule has 0 amide bonds. The number of hydrogen-bond acceptors (Lipinski definition) is 1. The van der Waals surface area contributed by atoms with E-state index < -0.39 is 23.2 Å². The zero-order chi connectivity index (χ0) is 12.0. The summed E-state index contributed by atoms with van der Waals surface area (Å²) in [5.41, 5.74) is -1.77. The lowest BCUT2D eigenvalue weighted by Crippen LogP contribution is -2.18. The third kappa shape index (κ3) is 1.80. The SMILES string of the molecule is COC1(c2ccc(F)cc2C(F)(F)F)CC1. The van der Waals surface area contributed by atoms with E-state index in [9.17, 15) is 17.6 Å². The molecular formula is C11H10F4O. The molecule has 1 aliphatic rings. The van der Waals surface area contributed by atoms with E-state index in [0.29, 0.717) is 18.9 Å². The normalized spacial score (nSPS) is 18.6. The van der Waals surface area contributed by atoms with Crippen LogP contribution < -0.4 is 0 Å².